The summed E-state index contributed by atoms with van der Waals surface area (Å²) < 4.78 is 11.0. The van der Waals surface area contributed by atoms with Gasteiger partial charge in [-0.15, -0.1) is 0 Å². The van der Waals surface area contributed by atoms with Crippen molar-refractivity contribution in [3.63, 3.8) is 0 Å². The van der Waals surface area contributed by atoms with Gasteiger partial charge in [0.25, 0.3) is 0 Å². The number of nitrogens with one attached hydrogen (secondary N) is 1. The Hall–Kier alpha value is -0.940. The normalized spacial score (nSPS) is 20.6. The molecule has 1 aliphatic carbocycles. The van der Waals surface area contributed by atoms with Gasteiger partial charge in [0.05, 0.1) is 6.04 Å². The molecule has 0 radical (unpaired) electrons. The Labute approximate surface area is 102 Å². The first-order valence-electron chi connectivity index (χ1n) is 6.32. The Kier molecular flexibility index (Phi) is 3.79. The summed E-state index contributed by atoms with van der Waals surface area (Å²) in [6.07, 6.45) is 5.23. The number of methoxy groups -OCH3 is 1. The molecule has 1 N–H and O–H groups in total. The van der Waals surface area contributed by atoms with Crippen molar-refractivity contribution < 1.29 is 9.26 Å². The molecule has 1 fully saturated rings. The molecule has 0 spiro atoms. The lowest BCUT2D eigenvalue weighted by Crippen LogP contribution is -2.26. The second kappa shape index (κ2) is 5.14. The summed E-state index contributed by atoms with van der Waals surface area (Å²) in [5.74, 6) is 1.37. The van der Waals surface area contributed by atoms with E-state index in [-0.39, 0.29) is 11.6 Å². The third-order valence-corrected chi connectivity index (χ3v) is 3.71. The van der Waals surface area contributed by atoms with E-state index in [1.165, 1.54) is 12.8 Å². The van der Waals surface area contributed by atoms with E-state index in [0.717, 1.165) is 19.3 Å². The number of rotatable bonds is 5. The predicted molar refractivity (Wildman–Crippen MR) is 63.5 cm³/mol. The van der Waals surface area contributed by atoms with Crippen LogP contribution in [-0.2, 0) is 10.3 Å². The summed E-state index contributed by atoms with van der Waals surface area (Å²) in [4.78, 5) is 4.51. The highest BCUT2D eigenvalue weighted by molar-refractivity contribution is 5.05. The predicted octanol–water partition coefficient (Wildman–Crippen LogP) is 2.16. The van der Waals surface area contributed by atoms with E-state index < -0.39 is 0 Å². The van der Waals surface area contributed by atoms with Crippen LogP contribution >= 0.6 is 0 Å². The van der Waals surface area contributed by atoms with Crippen molar-refractivity contribution in [2.24, 2.45) is 0 Å². The van der Waals surface area contributed by atoms with E-state index in [1.807, 2.05) is 7.05 Å². The number of ether oxygens (including phenoxy) is 1. The van der Waals surface area contributed by atoms with Gasteiger partial charge in [0.1, 0.15) is 5.60 Å². The molecular weight excluding hydrogens is 218 g/mol. The lowest BCUT2D eigenvalue weighted by molar-refractivity contribution is -0.0178. The van der Waals surface area contributed by atoms with Crippen molar-refractivity contribution >= 4 is 0 Å². The zero-order valence-corrected chi connectivity index (χ0v) is 10.8. The lowest BCUT2D eigenvalue weighted by Gasteiger charge is -2.22. The summed E-state index contributed by atoms with van der Waals surface area (Å²) in [6, 6.07) is 0.131. The van der Waals surface area contributed by atoms with Gasteiger partial charge in [0, 0.05) is 7.11 Å². The third kappa shape index (κ3) is 2.21. The molecule has 0 aromatic carbocycles. The van der Waals surface area contributed by atoms with Gasteiger partial charge in [-0.2, -0.15) is 4.98 Å². The van der Waals surface area contributed by atoms with Gasteiger partial charge < -0.3 is 14.6 Å². The molecule has 1 saturated carbocycles. The monoisotopic (exact) mass is 239 g/mol. The fraction of sp³-hybridized carbons (Fsp3) is 0.833. The number of hydrogen-bond donors (Lipinski definition) is 1. The third-order valence-electron chi connectivity index (χ3n) is 3.71. The number of hydrogen-bond acceptors (Lipinski definition) is 5. The van der Waals surface area contributed by atoms with E-state index in [4.69, 9.17) is 9.26 Å². The highest BCUT2D eigenvalue weighted by atomic mass is 16.5. The molecule has 1 unspecified atom stereocenters. The second-order valence-corrected chi connectivity index (χ2v) is 4.61. The number of aromatic nitrogens is 2. The summed E-state index contributed by atoms with van der Waals surface area (Å²) >= 11 is 0. The minimum absolute atomic E-state index is 0.131. The van der Waals surface area contributed by atoms with Crippen molar-refractivity contribution in [2.75, 3.05) is 14.2 Å². The fourth-order valence-electron chi connectivity index (χ4n) is 2.53. The van der Waals surface area contributed by atoms with E-state index in [9.17, 15) is 0 Å². The van der Waals surface area contributed by atoms with Crippen molar-refractivity contribution in [1.29, 1.82) is 0 Å². The summed E-state index contributed by atoms with van der Waals surface area (Å²) in [5, 5.41) is 7.27. The molecule has 1 aromatic heterocycles. The Morgan fingerprint density at radius 3 is 2.71 bits per heavy atom. The zero-order chi connectivity index (χ0) is 12.3. The van der Waals surface area contributed by atoms with Gasteiger partial charge in [-0.25, -0.2) is 0 Å². The minimum Gasteiger partial charge on any atom is -0.370 e. The summed E-state index contributed by atoms with van der Waals surface area (Å²) in [6.45, 7) is 2.09. The molecule has 1 atom stereocenters. The molecular formula is C12H21N3O2. The fourth-order valence-corrected chi connectivity index (χ4v) is 2.53. The van der Waals surface area contributed by atoms with Gasteiger partial charge in [-0.3, -0.25) is 0 Å². The molecule has 1 aliphatic rings. The van der Waals surface area contributed by atoms with Crippen molar-refractivity contribution in [2.45, 2.75) is 50.7 Å². The van der Waals surface area contributed by atoms with Gasteiger partial charge >= 0.3 is 0 Å². The molecule has 1 heterocycles. The molecule has 96 valence electrons. The average molecular weight is 239 g/mol. The quantitative estimate of drug-likeness (QED) is 0.853. The first-order valence-corrected chi connectivity index (χ1v) is 6.32. The van der Waals surface area contributed by atoms with Gasteiger partial charge in [-0.1, -0.05) is 12.1 Å². The largest absolute Gasteiger partial charge is 0.370 e. The van der Waals surface area contributed by atoms with E-state index in [2.05, 4.69) is 22.4 Å². The maximum absolute atomic E-state index is 5.64. The maximum atomic E-state index is 5.64. The molecule has 0 saturated heterocycles. The zero-order valence-electron chi connectivity index (χ0n) is 10.8. The molecule has 2 rings (SSSR count). The first kappa shape index (κ1) is 12.5. The Balaban J connectivity index is 2.22. The van der Waals surface area contributed by atoms with Crippen LogP contribution in [0.4, 0.5) is 0 Å². The van der Waals surface area contributed by atoms with Crippen molar-refractivity contribution in [1.82, 2.24) is 15.5 Å². The van der Waals surface area contributed by atoms with Crippen LogP contribution in [0.2, 0.25) is 0 Å². The van der Waals surface area contributed by atoms with Crippen LogP contribution in [0.15, 0.2) is 4.52 Å². The molecule has 17 heavy (non-hydrogen) atoms. The van der Waals surface area contributed by atoms with Crippen LogP contribution in [0.25, 0.3) is 0 Å². The molecule has 5 heteroatoms. The standard InChI is InChI=1S/C12H21N3O2/c1-4-9(13-2)10-14-11(15-17-10)12(16-3)7-5-6-8-12/h9,13H,4-8H2,1-3H3. The second-order valence-electron chi connectivity index (χ2n) is 4.61. The summed E-state index contributed by atoms with van der Waals surface area (Å²) in [5.41, 5.74) is -0.312. The molecule has 0 amide bonds. The topological polar surface area (TPSA) is 60.2 Å². The van der Waals surface area contributed by atoms with Crippen LogP contribution in [0.5, 0.6) is 0 Å². The molecule has 5 nitrogen and oxygen atoms in total. The van der Waals surface area contributed by atoms with Crippen LogP contribution in [0.3, 0.4) is 0 Å². The highest BCUT2D eigenvalue weighted by Gasteiger charge is 2.40. The highest BCUT2D eigenvalue weighted by Crippen LogP contribution is 2.40. The molecule has 1 aromatic rings. The van der Waals surface area contributed by atoms with Crippen molar-refractivity contribution in [3.05, 3.63) is 11.7 Å². The average Bonchev–Trinajstić information content (AvgIpc) is 2.99. The smallest absolute Gasteiger partial charge is 0.243 e. The van der Waals surface area contributed by atoms with E-state index in [1.54, 1.807) is 7.11 Å². The van der Waals surface area contributed by atoms with Gasteiger partial charge in [0.15, 0.2) is 0 Å². The summed E-state index contributed by atoms with van der Waals surface area (Å²) in [7, 11) is 3.64. The number of nitrogens with zero attached hydrogens (tertiary/aromatic N) is 2. The van der Waals surface area contributed by atoms with Crippen LogP contribution < -0.4 is 5.32 Å². The van der Waals surface area contributed by atoms with Crippen LogP contribution in [-0.4, -0.2) is 24.3 Å². The SMILES string of the molecule is CCC(NC)c1nc(C2(OC)CCCC2)no1. The van der Waals surface area contributed by atoms with E-state index in [0.29, 0.717) is 11.7 Å². The van der Waals surface area contributed by atoms with Gasteiger partial charge in [0.2, 0.25) is 11.7 Å². The first-order chi connectivity index (χ1) is 8.25. The molecule has 0 bridgehead atoms. The van der Waals surface area contributed by atoms with Gasteiger partial charge in [-0.05, 0) is 39.2 Å². The lowest BCUT2D eigenvalue weighted by atomic mass is 10.0. The van der Waals surface area contributed by atoms with Crippen LogP contribution in [0, 0.1) is 0 Å². The molecule has 0 aliphatic heterocycles. The Morgan fingerprint density at radius 2 is 2.18 bits per heavy atom. The van der Waals surface area contributed by atoms with Crippen molar-refractivity contribution in [3.8, 4) is 0 Å². The minimum atomic E-state index is -0.312. The van der Waals surface area contributed by atoms with Crippen LogP contribution in [0.1, 0.15) is 56.8 Å². The van der Waals surface area contributed by atoms with E-state index >= 15 is 0 Å². The maximum Gasteiger partial charge on any atom is 0.243 e. The Bertz CT molecular complexity index is 354. The Morgan fingerprint density at radius 1 is 1.47 bits per heavy atom.